The van der Waals surface area contributed by atoms with Gasteiger partial charge in [0.25, 0.3) is 5.91 Å². The topological polar surface area (TPSA) is 67.9 Å². The van der Waals surface area contributed by atoms with Gasteiger partial charge in [0.05, 0.1) is 13.7 Å². The fraction of sp³-hybridized carbons (Fsp3) is 0.300. The van der Waals surface area contributed by atoms with E-state index in [0.29, 0.717) is 11.5 Å². The fourth-order valence-electron chi connectivity index (χ4n) is 2.39. The molecule has 0 fully saturated rings. The van der Waals surface area contributed by atoms with E-state index in [0.717, 1.165) is 17.7 Å². The first-order valence-corrected chi connectivity index (χ1v) is 8.42. The molecule has 0 unspecified atom stereocenters. The number of methoxy groups -OCH3 is 1. The summed E-state index contributed by atoms with van der Waals surface area (Å²) in [6.45, 7) is 1.83. The number of benzene rings is 2. The van der Waals surface area contributed by atoms with E-state index in [1.54, 1.807) is 38.4 Å². The van der Waals surface area contributed by atoms with Crippen molar-refractivity contribution in [3.63, 3.8) is 0 Å². The molecule has 1 N–H and O–H groups in total. The second-order valence-electron chi connectivity index (χ2n) is 5.78. The van der Waals surface area contributed by atoms with Gasteiger partial charge in [-0.3, -0.25) is 9.59 Å². The van der Waals surface area contributed by atoms with Gasteiger partial charge in [-0.15, -0.1) is 0 Å². The number of ether oxygens (including phenoxy) is 2. The lowest BCUT2D eigenvalue weighted by Gasteiger charge is -2.18. The molecular weight excluding hydrogens is 332 g/mol. The van der Waals surface area contributed by atoms with Crippen molar-refractivity contribution in [1.29, 1.82) is 0 Å². The quantitative estimate of drug-likeness (QED) is 0.790. The van der Waals surface area contributed by atoms with Crippen LogP contribution in [0.1, 0.15) is 12.5 Å². The maximum absolute atomic E-state index is 12.2. The molecule has 0 aromatic heterocycles. The Morgan fingerprint density at radius 1 is 1.08 bits per heavy atom. The number of carbonyl (C=O) groups excluding carboxylic acids is 2. The number of para-hydroxylation sites is 1. The van der Waals surface area contributed by atoms with Gasteiger partial charge in [0, 0.05) is 18.8 Å². The Balaban J connectivity index is 1.85. The summed E-state index contributed by atoms with van der Waals surface area (Å²) in [5.74, 6) is 0.652. The zero-order valence-corrected chi connectivity index (χ0v) is 15.3. The molecule has 2 amide bonds. The Kier molecular flexibility index (Phi) is 7.02. The molecule has 6 heteroatoms. The third kappa shape index (κ3) is 5.51. The lowest BCUT2D eigenvalue weighted by atomic mass is 10.1. The lowest BCUT2D eigenvalue weighted by molar-refractivity contribution is -0.135. The van der Waals surface area contributed by atoms with Crippen LogP contribution in [-0.4, -0.2) is 44.0 Å². The van der Waals surface area contributed by atoms with Crippen molar-refractivity contribution < 1.29 is 19.1 Å². The molecule has 0 spiro atoms. The number of nitrogens with zero attached hydrogens (tertiary/aromatic N) is 1. The summed E-state index contributed by atoms with van der Waals surface area (Å²) in [6, 6.07) is 14.6. The van der Waals surface area contributed by atoms with E-state index in [9.17, 15) is 9.59 Å². The molecule has 0 radical (unpaired) electrons. The molecule has 0 aliphatic heterocycles. The van der Waals surface area contributed by atoms with Crippen molar-refractivity contribution in [2.24, 2.45) is 0 Å². The van der Waals surface area contributed by atoms with Gasteiger partial charge in [0.15, 0.2) is 6.61 Å². The number of hydrogen-bond donors (Lipinski definition) is 1. The smallest absolute Gasteiger partial charge is 0.260 e. The summed E-state index contributed by atoms with van der Waals surface area (Å²) >= 11 is 0. The van der Waals surface area contributed by atoms with Crippen LogP contribution in [0.2, 0.25) is 0 Å². The molecule has 0 saturated heterocycles. The maximum Gasteiger partial charge on any atom is 0.260 e. The molecule has 0 heterocycles. The molecule has 0 bridgehead atoms. The predicted molar refractivity (Wildman–Crippen MR) is 101 cm³/mol. The maximum atomic E-state index is 12.2. The highest BCUT2D eigenvalue weighted by Crippen LogP contribution is 2.19. The van der Waals surface area contributed by atoms with Crippen LogP contribution in [0.15, 0.2) is 48.5 Å². The largest absolute Gasteiger partial charge is 0.497 e. The van der Waals surface area contributed by atoms with Crippen LogP contribution in [-0.2, 0) is 16.0 Å². The van der Waals surface area contributed by atoms with Gasteiger partial charge in [0.2, 0.25) is 5.91 Å². The Hall–Kier alpha value is -3.02. The van der Waals surface area contributed by atoms with E-state index >= 15 is 0 Å². The summed E-state index contributed by atoms with van der Waals surface area (Å²) in [4.78, 5) is 25.7. The molecule has 138 valence electrons. The standard InChI is InChI=1S/C20H24N2O4/c1-4-15-8-5-6-11-18(15)21-19(23)13-22(2)20(24)14-26-17-10-7-9-16(12-17)25-3/h5-12H,4,13-14H2,1-3H3,(H,21,23). The Labute approximate surface area is 153 Å². The molecule has 2 aromatic carbocycles. The third-order valence-electron chi connectivity index (χ3n) is 3.88. The minimum Gasteiger partial charge on any atom is -0.497 e. The lowest BCUT2D eigenvalue weighted by Crippen LogP contribution is -2.37. The number of nitrogens with one attached hydrogen (secondary N) is 1. The zero-order chi connectivity index (χ0) is 18.9. The average Bonchev–Trinajstić information content (AvgIpc) is 2.66. The Bertz CT molecular complexity index is 761. The van der Waals surface area contributed by atoms with Crippen molar-refractivity contribution in [3.8, 4) is 11.5 Å². The van der Waals surface area contributed by atoms with Crippen LogP contribution in [0.5, 0.6) is 11.5 Å². The SMILES string of the molecule is CCc1ccccc1NC(=O)CN(C)C(=O)COc1cccc(OC)c1. The number of amides is 2. The first kappa shape index (κ1) is 19.3. The second kappa shape index (κ2) is 9.46. The zero-order valence-electron chi connectivity index (χ0n) is 15.3. The van der Waals surface area contributed by atoms with Crippen LogP contribution in [0.3, 0.4) is 0 Å². The third-order valence-corrected chi connectivity index (χ3v) is 3.88. The molecule has 6 nitrogen and oxygen atoms in total. The molecule has 0 aliphatic carbocycles. The Morgan fingerprint density at radius 2 is 1.81 bits per heavy atom. The van der Waals surface area contributed by atoms with Crippen molar-refractivity contribution in [2.75, 3.05) is 32.6 Å². The number of hydrogen-bond acceptors (Lipinski definition) is 4. The molecule has 0 aliphatic rings. The summed E-state index contributed by atoms with van der Waals surface area (Å²) in [5, 5.41) is 2.85. The molecular formula is C20H24N2O4. The average molecular weight is 356 g/mol. The van der Waals surface area contributed by atoms with Gasteiger partial charge in [-0.1, -0.05) is 31.2 Å². The minimum atomic E-state index is -0.285. The van der Waals surface area contributed by atoms with Crippen LogP contribution in [0.25, 0.3) is 0 Å². The number of rotatable bonds is 8. The summed E-state index contributed by atoms with van der Waals surface area (Å²) < 4.78 is 10.6. The van der Waals surface area contributed by atoms with E-state index in [-0.39, 0.29) is 25.0 Å². The molecule has 0 saturated carbocycles. The normalized spacial score (nSPS) is 10.1. The van der Waals surface area contributed by atoms with E-state index in [1.807, 2.05) is 31.2 Å². The highest BCUT2D eigenvalue weighted by atomic mass is 16.5. The molecule has 2 aromatic rings. The minimum absolute atomic E-state index is 0.0433. The highest BCUT2D eigenvalue weighted by molar-refractivity contribution is 5.95. The van der Waals surface area contributed by atoms with Crippen molar-refractivity contribution in [3.05, 3.63) is 54.1 Å². The number of aryl methyl sites for hydroxylation is 1. The van der Waals surface area contributed by atoms with E-state index in [1.165, 1.54) is 4.90 Å². The van der Waals surface area contributed by atoms with E-state index < -0.39 is 0 Å². The summed E-state index contributed by atoms with van der Waals surface area (Å²) in [6.07, 6.45) is 0.819. The monoisotopic (exact) mass is 356 g/mol. The fourth-order valence-corrected chi connectivity index (χ4v) is 2.39. The number of anilines is 1. The Morgan fingerprint density at radius 3 is 2.54 bits per heavy atom. The molecule has 2 rings (SSSR count). The van der Waals surface area contributed by atoms with Crippen LogP contribution >= 0.6 is 0 Å². The summed E-state index contributed by atoms with van der Waals surface area (Å²) in [7, 11) is 3.13. The van der Waals surface area contributed by atoms with Crippen molar-refractivity contribution in [1.82, 2.24) is 4.90 Å². The van der Waals surface area contributed by atoms with E-state index in [4.69, 9.17) is 9.47 Å². The summed E-state index contributed by atoms with van der Waals surface area (Å²) in [5.41, 5.74) is 1.82. The van der Waals surface area contributed by atoms with Gasteiger partial charge < -0.3 is 19.7 Å². The van der Waals surface area contributed by atoms with Crippen molar-refractivity contribution >= 4 is 17.5 Å². The van der Waals surface area contributed by atoms with Crippen LogP contribution in [0, 0.1) is 0 Å². The van der Waals surface area contributed by atoms with Gasteiger partial charge in [-0.2, -0.15) is 0 Å². The van der Waals surface area contributed by atoms with Gasteiger partial charge in [-0.05, 0) is 30.2 Å². The first-order valence-electron chi connectivity index (χ1n) is 8.42. The molecule has 0 atom stereocenters. The van der Waals surface area contributed by atoms with Gasteiger partial charge in [0.1, 0.15) is 11.5 Å². The highest BCUT2D eigenvalue weighted by Gasteiger charge is 2.14. The number of likely N-dealkylation sites (N-methyl/N-ethyl adjacent to an activating group) is 1. The predicted octanol–water partition coefficient (Wildman–Crippen LogP) is 2.73. The van der Waals surface area contributed by atoms with E-state index in [2.05, 4.69) is 5.32 Å². The first-order chi connectivity index (χ1) is 12.5. The van der Waals surface area contributed by atoms with Crippen LogP contribution < -0.4 is 14.8 Å². The van der Waals surface area contributed by atoms with Crippen molar-refractivity contribution in [2.45, 2.75) is 13.3 Å². The van der Waals surface area contributed by atoms with Gasteiger partial charge in [-0.25, -0.2) is 0 Å². The van der Waals surface area contributed by atoms with Gasteiger partial charge >= 0.3 is 0 Å². The van der Waals surface area contributed by atoms with Crippen LogP contribution in [0.4, 0.5) is 5.69 Å². The second-order valence-corrected chi connectivity index (χ2v) is 5.78. The molecule has 26 heavy (non-hydrogen) atoms. The number of carbonyl (C=O) groups is 2.